The molecule has 3 aromatic rings. The number of rotatable bonds is 6. The van der Waals surface area contributed by atoms with Crippen molar-refractivity contribution in [2.75, 3.05) is 6.61 Å². The maximum absolute atomic E-state index is 14.7. The summed E-state index contributed by atoms with van der Waals surface area (Å²) in [6.45, 7) is 3.91. The zero-order valence-corrected chi connectivity index (χ0v) is 19.2. The maximum Gasteiger partial charge on any atom is 0.432 e. The Labute approximate surface area is 199 Å². The monoisotopic (exact) mass is 494 g/mol. The van der Waals surface area contributed by atoms with Gasteiger partial charge in [-0.1, -0.05) is 37.6 Å². The van der Waals surface area contributed by atoms with Crippen LogP contribution in [0, 0.1) is 36.1 Å². The van der Waals surface area contributed by atoms with E-state index in [0.29, 0.717) is 30.2 Å². The van der Waals surface area contributed by atoms with Crippen LogP contribution in [0.25, 0.3) is 11.1 Å². The highest BCUT2D eigenvalue weighted by Crippen LogP contribution is 2.38. The Morgan fingerprint density at radius 1 is 0.857 bits per heavy atom. The van der Waals surface area contributed by atoms with Crippen LogP contribution >= 0.6 is 0 Å². The van der Waals surface area contributed by atoms with Gasteiger partial charge >= 0.3 is 6.11 Å². The van der Waals surface area contributed by atoms with Gasteiger partial charge in [0.1, 0.15) is 34.6 Å². The first-order valence-corrected chi connectivity index (χ1v) is 11.3. The molecular weight excluding hydrogens is 470 g/mol. The third kappa shape index (κ3) is 5.32. The van der Waals surface area contributed by atoms with Gasteiger partial charge in [-0.3, -0.25) is 0 Å². The molecule has 1 fully saturated rings. The molecular formula is C27H24F6O2. The lowest BCUT2D eigenvalue weighted by Crippen LogP contribution is -2.25. The zero-order chi connectivity index (χ0) is 25.3. The zero-order valence-electron chi connectivity index (χ0n) is 19.2. The van der Waals surface area contributed by atoms with Gasteiger partial charge in [-0.2, -0.15) is 8.78 Å². The van der Waals surface area contributed by atoms with Gasteiger partial charge in [0.15, 0.2) is 0 Å². The fourth-order valence-electron chi connectivity index (χ4n) is 4.18. The second kappa shape index (κ2) is 9.93. The molecule has 0 aliphatic carbocycles. The third-order valence-corrected chi connectivity index (χ3v) is 6.40. The average Bonchev–Trinajstić information content (AvgIpc) is 2.81. The summed E-state index contributed by atoms with van der Waals surface area (Å²) in [4.78, 5) is 0. The molecule has 0 spiro atoms. The summed E-state index contributed by atoms with van der Waals surface area (Å²) in [5.41, 5.74) is -0.645. The van der Waals surface area contributed by atoms with Crippen molar-refractivity contribution in [2.24, 2.45) is 5.92 Å². The molecule has 0 aromatic heterocycles. The molecule has 8 heteroatoms. The largest absolute Gasteiger partial charge is 0.432 e. The number of hydrogen-bond acceptors (Lipinski definition) is 2. The van der Waals surface area contributed by atoms with Gasteiger partial charge in [0.2, 0.25) is 0 Å². The molecule has 1 aliphatic heterocycles. The maximum atomic E-state index is 14.7. The highest BCUT2D eigenvalue weighted by Gasteiger charge is 2.41. The molecule has 2 atom stereocenters. The van der Waals surface area contributed by atoms with Crippen LogP contribution in [0.15, 0.2) is 48.5 Å². The van der Waals surface area contributed by atoms with E-state index in [1.54, 1.807) is 24.3 Å². The van der Waals surface area contributed by atoms with Crippen LogP contribution in [0.3, 0.4) is 0 Å². The highest BCUT2D eigenvalue weighted by molar-refractivity contribution is 5.64. The van der Waals surface area contributed by atoms with Crippen LogP contribution in [-0.4, -0.2) is 6.61 Å². The van der Waals surface area contributed by atoms with Crippen LogP contribution in [0.1, 0.15) is 49.0 Å². The van der Waals surface area contributed by atoms with Crippen molar-refractivity contribution < 1.29 is 35.8 Å². The molecule has 0 N–H and O–H groups in total. The molecule has 4 rings (SSSR count). The van der Waals surface area contributed by atoms with E-state index in [-0.39, 0.29) is 11.7 Å². The molecule has 0 radical (unpaired) electrons. The molecule has 1 saturated heterocycles. The normalized spacial score (nSPS) is 18.5. The quantitative estimate of drug-likeness (QED) is 0.322. The summed E-state index contributed by atoms with van der Waals surface area (Å²) in [5.74, 6) is -5.71. The van der Waals surface area contributed by atoms with Gasteiger partial charge in [0.25, 0.3) is 0 Å². The van der Waals surface area contributed by atoms with Crippen LogP contribution in [0.4, 0.5) is 26.3 Å². The predicted molar refractivity (Wildman–Crippen MR) is 119 cm³/mol. The minimum atomic E-state index is -4.51. The van der Waals surface area contributed by atoms with Crippen molar-refractivity contribution in [3.8, 4) is 16.9 Å². The van der Waals surface area contributed by atoms with Crippen LogP contribution in [0.5, 0.6) is 5.75 Å². The Balaban J connectivity index is 1.55. The standard InChI is InChI=1S/C27H24F6O2/c1-3-16-4-9-25(34-14-16)18-7-5-17(6-8-18)19-10-23(30)26(24(31)11-19)27(32,33)35-20-12-21(28)15(2)22(29)13-20/h5-8,10-13,16,25H,3-4,9,14H2,1-2H3. The van der Waals surface area contributed by atoms with E-state index >= 15 is 0 Å². The molecule has 1 aliphatic rings. The average molecular weight is 494 g/mol. The van der Waals surface area contributed by atoms with Crippen molar-refractivity contribution in [1.29, 1.82) is 0 Å². The number of alkyl halides is 2. The minimum absolute atomic E-state index is 0.0501. The van der Waals surface area contributed by atoms with E-state index in [1.165, 1.54) is 0 Å². The highest BCUT2D eigenvalue weighted by atomic mass is 19.3. The smallest absolute Gasteiger partial charge is 0.429 e. The minimum Gasteiger partial charge on any atom is -0.429 e. The Bertz CT molecular complexity index is 1150. The lowest BCUT2D eigenvalue weighted by atomic mass is 9.92. The van der Waals surface area contributed by atoms with E-state index < -0.39 is 46.3 Å². The van der Waals surface area contributed by atoms with E-state index in [4.69, 9.17) is 4.74 Å². The van der Waals surface area contributed by atoms with Gasteiger partial charge in [-0.05, 0) is 54.5 Å². The molecule has 1 heterocycles. The van der Waals surface area contributed by atoms with Crippen molar-refractivity contribution in [1.82, 2.24) is 0 Å². The molecule has 186 valence electrons. The van der Waals surface area contributed by atoms with Crippen molar-refractivity contribution >= 4 is 0 Å². The van der Waals surface area contributed by atoms with E-state index in [2.05, 4.69) is 11.7 Å². The summed E-state index contributed by atoms with van der Waals surface area (Å²) in [5, 5.41) is 0. The summed E-state index contributed by atoms with van der Waals surface area (Å²) >= 11 is 0. The third-order valence-electron chi connectivity index (χ3n) is 6.40. The van der Waals surface area contributed by atoms with Gasteiger partial charge in [-0.25, -0.2) is 17.6 Å². The fourth-order valence-corrected chi connectivity index (χ4v) is 4.18. The predicted octanol–water partition coefficient (Wildman–Crippen LogP) is 8.22. The molecule has 3 aromatic carbocycles. The van der Waals surface area contributed by atoms with Crippen LogP contribution in [0.2, 0.25) is 0 Å². The molecule has 0 saturated carbocycles. The summed E-state index contributed by atoms with van der Waals surface area (Å²) in [6, 6.07) is 9.44. The first-order chi connectivity index (χ1) is 16.6. The fraction of sp³-hybridized carbons (Fsp3) is 0.333. The van der Waals surface area contributed by atoms with Crippen LogP contribution in [-0.2, 0) is 10.8 Å². The Kier molecular flexibility index (Phi) is 7.12. The number of ether oxygens (including phenoxy) is 2. The van der Waals surface area contributed by atoms with Crippen molar-refractivity contribution in [2.45, 2.75) is 45.3 Å². The van der Waals surface area contributed by atoms with Gasteiger partial charge in [-0.15, -0.1) is 0 Å². The Hall–Kier alpha value is -3.00. The second-order valence-electron chi connectivity index (χ2n) is 8.74. The molecule has 35 heavy (non-hydrogen) atoms. The summed E-state index contributed by atoms with van der Waals surface area (Å²) in [7, 11) is 0. The SMILES string of the molecule is CCC1CCC(c2ccc(-c3cc(F)c(C(F)(F)Oc4cc(F)c(C)c(F)c4)c(F)c3)cc2)OC1. The number of hydrogen-bond donors (Lipinski definition) is 0. The van der Waals surface area contributed by atoms with E-state index in [0.717, 1.165) is 43.9 Å². The van der Waals surface area contributed by atoms with E-state index in [1.807, 2.05) is 0 Å². The molecule has 2 unspecified atom stereocenters. The number of halogens is 6. The summed E-state index contributed by atoms with van der Waals surface area (Å²) in [6.07, 6.45) is -1.59. The van der Waals surface area contributed by atoms with Crippen molar-refractivity contribution in [3.63, 3.8) is 0 Å². The lowest BCUT2D eigenvalue weighted by Gasteiger charge is -2.28. The van der Waals surface area contributed by atoms with Gasteiger partial charge in [0.05, 0.1) is 12.7 Å². The van der Waals surface area contributed by atoms with Crippen molar-refractivity contribution in [3.05, 3.63) is 88.5 Å². The van der Waals surface area contributed by atoms with E-state index in [9.17, 15) is 26.3 Å². The molecule has 0 amide bonds. The van der Waals surface area contributed by atoms with Crippen LogP contribution < -0.4 is 4.74 Å². The first kappa shape index (κ1) is 25.1. The topological polar surface area (TPSA) is 18.5 Å². The van der Waals surface area contributed by atoms with Gasteiger partial charge in [0, 0.05) is 17.7 Å². The summed E-state index contributed by atoms with van der Waals surface area (Å²) < 4.78 is 96.2. The number of benzene rings is 3. The van der Waals surface area contributed by atoms with Gasteiger partial charge < -0.3 is 9.47 Å². The first-order valence-electron chi connectivity index (χ1n) is 11.3. The Morgan fingerprint density at radius 3 is 1.97 bits per heavy atom. The lowest BCUT2D eigenvalue weighted by molar-refractivity contribution is -0.189. The molecule has 0 bridgehead atoms. The Morgan fingerprint density at radius 2 is 1.46 bits per heavy atom. The second-order valence-corrected chi connectivity index (χ2v) is 8.74. The molecule has 2 nitrogen and oxygen atoms in total.